The molecule has 1 aromatic rings. The van der Waals surface area contributed by atoms with Crippen LogP contribution in [0, 0.1) is 0 Å². The second-order valence-corrected chi connectivity index (χ2v) is 4.75. The summed E-state index contributed by atoms with van der Waals surface area (Å²) in [7, 11) is 0. The number of hydrogen-bond acceptors (Lipinski definition) is 3. The van der Waals surface area contributed by atoms with Gasteiger partial charge in [0.2, 0.25) is 0 Å². The Morgan fingerprint density at radius 1 is 1.40 bits per heavy atom. The minimum atomic E-state index is 0.142. The third-order valence-electron chi connectivity index (χ3n) is 1.83. The molecule has 0 aliphatic rings. The minimum absolute atomic E-state index is 0.142. The molecular weight excluding hydrogens is 256 g/mol. The van der Waals surface area contributed by atoms with Crippen LogP contribution in [0.3, 0.4) is 0 Å². The summed E-state index contributed by atoms with van der Waals surface area (Å²) in [5, 5.41) is 3.32. The van der Waals surface area contributed by atoms with Gasteiger partial charge in [0.1, 0.15) is 11.9 Å². The van der Waals surface area contributed by atoms with Crippen molar-refractivity contribution in [3.05, 3.63) is 22.9 Å². The maximum Gasteiger partial charge on any atom is 0.139 e. The van der Waals surface area contributed by atoms with E-state index < -0.39 is 0 Å². The molecule has 0 fully saturated rings. The first-order chi connectivity index (χ1) is 7.08. The highest BCUT2D eigenvalue weighted by atomic mass is 79.9. The zero-order valence-electron chi connectivity index (χ0n) is 9.33. The molecule has 3 nitrogen and oxygen atoms in total. The number of nitrogens with zero attached hydrogens (tertiary/aromatic N) is 1. The molecule has 1 unspecified atom stereocenters. The van der Waals surface area contributed by atoms with Crippen molar-refractivity contribution in [2.45, 2.75) is 32.9 Å². The summed E-state index contributed by atoms with van der Waals surface area (Å²) in [6, 6.07) is 2.40. The van der Waals surface area contributed by atoms with Gasteiger partial charge in [-0.3, -0.25) is 4.98 Å². The molecule has 1 aromatic heterocycles. The number of rotatable bonds is 5. The van der Waals surface area contributed by atoms with Crippen molar-refractivity contribution in [1.82, 2.24) is 10.3 Å². The predicted molar refractivity (Wildman–Crippen MR) is 65.2 cm³/mol. The summed E-state index contributed by atoms with van der Waals surface area (Å²) in [6.45, 7) is 7.11. The Hall–Kier alpha value is -0.610. The second kappa shape index (κ2) is 6.08. The van der Waals surface area contributed by atoms with Gasteiger partial charge < -0.3 is 10.1 Å². The summed E-state index contributed by atoms with van der Waals surface area (Å²) in [6.07, 6.45) is 3.60. The van der Waals surface area contributed by atoms with Crippen LogP contribution in [0.1, 0.15) is 20.8 Å². The van der Waals surface area contributed by atoms with Crippen LogP contribution in [-0.4, -0.2) is 23.7 Å². The van der Waals surface area contributed by atoms with Crippen molar-refractivity contribution in [3.8, 4) is 5.75 Å². The molecule has 0 radical (unpaired) electrons. The Morgan fingerprint density at radius 2 is 2.13 bits per heavy atom. The summed E-state index contributed by atoms with van der Waals surface area (Å²) >= 11 is 3.36. The Morgan fingerprint density at radius 3 is 2.73 bits per heavy atom. The normalized spacial score (nSPS) is 12.9. The second-order valence-electron chi connectivity index (χ2n) is 3.83. The Kier molecular flexibility index (Phi) is 5.05. The molecule has 0 saturated heterocycles. The van der Waals surface area contributed by atoms with Crippen LogP contribution in [0.25, 0.3) is 0 Å². The minimum Gasteiger partial charge on any atom is -0.488 e. The lowest BCUT2D eigenvalue weighted by atomic mass is 10.3. The zero-order chi connectivity index (χ0) is 11.3. The van der Waals surface area contributed by atoms with Crippen molar-refractivity contribution in [2.24, 2.45) is 0 Å². The molecule has 0 saturated carbocycles. The van der Waals surface area contributed by atoms with Gasteiger partial charge in [-0.1, -0.05) is 13.8 Å². The van der Waals surface area contributed by atoms with Gasteiger partial charge >= 0.3 is 0 Å². The number of halogens is 1. The van der Waals surface area contributed by atoms with Crippen LogP contribution >= 0.6 is 15.9 Å². The van der Waals surface area contributed by atoms with E-state index in [4.69, 9.17) is 4.74 Å². The van der Waals surface area contributed by atoms with Gasteiger partial charge in [0.05, 0.1) is 6.20 Å². The van der Waals surface area contributed by atoms with Gasteiger partial charge in [-0.2, -0.15) is 0 Å². The number of ether oxygens (including phenoxy) is 1. The van der Waals surface area contributed by atoms with Gasteiger partial charge in [-0.05, 0) is 28.9 Å². The Balaban J connectivity index is 2.40. The van der Waals surface area contributed by atoms with E-state index in [2.05, 4.69) is 40.1 Å². The highest BCUT2D eigenvalue weighted by molar-refractivity contribution is 9.10. The standard InChI is InChI=1S/C11H17BrN2O/c1-8(2)14-5-9(3)15-11-4-10(12)6-13-7-11/h4,6-9,14H,5H2,1-3H3. The number of pyridine rings is 1. The van der Waals surface area contributed by atoms with Gasteiger partial charge in [0, 0.05) is 23.3 Å². The number of nitrogens with one attached hydrogen (secondary N) is 1. The van der Waals surface area contributed by atoms with E-state index in [9.17, 15) is 0 Å². The molecule has 1 N–H and O–H groups in total. The summed E-state index contributed by atoms with van der Waals surface area (Å²) in [5.74, 6) is 0.794. The van der Waals surface area contributed by atoms with Gasteiger partial charge in [-0.25, -0.2) is 0 Å². The average molecular weight is 273 g/mol. The first-order valence-electron chi connectivity index (χ1n) is 5.08. The van der Waals surface area contributed by atoms with Crippen molar-refractivity contribution < 1.29 is 4.74 Å². The molecule has 1 atom stereocenters. The fraction of sp³-hybridized carbons (Fsp3) is 0.545. The van der Waals surface area contributed by atoms with E-state index in [0.29, 0.717) is 6.04 Å². The van der Waals surface area contributed by atoms with E-state index >= 15 is 0 Å². The van der Waals surface area contributed by atoms with Crippen LogP contribution in [0.2, 0.25) is 0 Å². The van der Waals surface area contributed by atoms with Gasteiger partial charge in [-0.15, -0.1) is 0 Å². The molecule has 0 aliphatic heterocycles. The van der Waals surface area contributed by atoms with Crippen molar-refractivity contribution in [3.63, 3.8) is 0 Å². The van der Waals surface area contributed by atoms with Gasteiger partial charge in [0.25, 0.3) is 0 Å². The first kappa shape index (κ1) is 12.5. The third kappa shape index (κ3) is 5.14. The van der Waals surface area contributed by atoms with Crippen LogP contribution < -0.4 is 10.1 Å². The largest absolute Gasteiger partial charge is 0.488 e. The van der Waals surface area contributed by atoms with Gasteiger partial charge in [0.15, 0.2) is 0 Å². The lowest BCUT2D eigenvalue weighted by Gasteiger charge is -2.16. The Bertz CT molecular complexity index is 304. The van der Waals surface area contributed by atoms with Crippen molar-refractivity contribution >= 4 is 15.9 Å². The molecule has 15 heavy (non-hydrogen) atoms. The summed E-state index contributed by atoms with van der Waals surface area (Å²) < 4.78 is 6.62. The Labute approximate surface area is 99.4 Å². The molecule has 0 bridgehead atoms. The van der Waals surface area contributed by atoms with Crippen LogP contribution in [-0.2, 0) is 0 Å². The molecule has 0 aromatic carbocycles. The molecule has 1 heterocycles. The SMILES string of the molecule is CC(C)NCC(C)Oc1cncc(Br)c1. The van der Waals surface area contributed by atoms with E-state index in [1.165, 1.54) is 0 Å². The molecular formula is C11H17BrN2O. The van der Waals surface area contributed by atoms with E-state index in [1.807, 2.05) is 13.0 Å². The monoisotopic (exact) mass is 272 g/mol. The van der Waals surface area contributed by atoms with E-state index in [-0.39, 0.29) is 6.10 Å². The van der Waals surface area contributed by atoms with Crippen LogP contribution in [0.15, 0.2) is 22.9 Å². The summed E-state index contributed by atoms with van der Waals surface area (Å²) in [5.41, 5.74) is 0. The van der Waals surface area contributed by atoms with Crippen LogP contribution in [0.4, 0.5) is 0 Å². The highest BCUT2D eigenvalue weighted by Crippen LogP contribution is 2.16. The number of aromatic nitrogens is 1. The topological polar surface area (TPSA) is 34.1 Å². The fourth-order valence-electron chi connectivity index (χ4n) is 1.13. The predicted octanol–water partition coefficient (Wildman–Crippen LogP) is 2.61. The zero-order valence-corrected chi connectivity index (χ0v) is 10.9. The third-order valence-corrected chi connectivity index (χ3v) is 2.26. The summed E-state index contributed by atoms with van der Waals surface area (Å²) in [4.78, 5) is 4.04. The van der Waals surface area contributed by atoms with E-state index in [0.717, 1.165) is 16.8 Å². The van der Waals surface area contributed by atoms with Crippen LogP contribution in [0.5, 0.6) is 5.75 Å². The van der Waals surface area contributed by atoms with Crippen molar-refractivity contribution in [2.75, 3.05) is 6.54 Å². The molecule has 0 aliphatic carbocycles. The molecule has 0 spiro atoms. The maximum absolute atomic E-state index is 5.69. The maximum atomic E-state index is 5.69. The van der Waals surface area contributed by atoms with E-state index in [1.54, 1.807) is 12.4 Å². The molecule has 1 rings (SSSR count). The van der Waals surface area contributed by atoms with Crippen molar-refractivity contribution in [1.29, 1.82) is 0 Å². The molecule has 4 heteroatoms. The average Bonchev–Trinajstić information content (AvgIpc) is 2.15. The highest BCUT2D eigenvalue weighted by Gasteiger charge is 2.05. The first-order valence-corrected chi connectivity index (χ1v) is 5.88. The quantitative estimate of drug-likeness (QED) is 0.895. The fourth-order valence-corrected chi connectivity index (χ4v) is 1.48. The molecule has 84 valence electrons. The number of hydrogen-bond donors (Lipinski definition) is 1. The lowest BCUT2D eigenvalue weighted by Crippen LogP contribution is -2.33. The smallest absolute Gasteiger partial charge is 0.139 e. The molecule has 0 amide bonds. The lowest BCUT2D eigenvalue weighted by molar-refractivity contribution is 0.212.